The summed E-state index contributed by atoms with van der Waals surface area (Å²) in [5.41, 5.74) is 13.6. The first kappa shape index (κ1) is 9.86. The minimum Gasteiger partial charge on any atom is -0.398 e. The molecule has 0 saturated carbocycles. The molecule has 13 heavy (non-hydrogen) atoms. The molecule has 0 aromatic heterocycles. The Morgan fingerprint density at radius 2 is 1.69 bits per heavy atom. The molecule has 3 heteroatoms. The molecule has 1 aliphatic heterocycles. The van der Waals surface area contributed by atoms with Crippen LogP contribution in [0.15, 0.2) is 18.2 Å². The standard InChI is InChI=1S/C7H10N2.C3H6O/c1-5-6(8)3-2-4-7(5)9;1-3-2-4-3/h2-4H,8-9H2,1H3;3H,2H2,1H3. The number of hydrogen-bond donors (Lipinski definition) is 2. The Morgan fingerprint density at radius 3 is 1.92 bits per heavy atom. The second-order valence-corrected chi connectivity index (χ2v) is 3.21. The van der Waals surface area contributed by atoms with Crippen LogP contribution in [0.5, 0.6) is 0 Å². The molecule has 2 rings (SSSR count). The third-order valence-corrected chi connectivity index (χ3v) is 1.92. The molecule has 1 fully saturated rings. The highest BCUT2D eigenvalue weighted by atomic mass is 16.6. The quantitative estimate of drug-likeness (QED) is 0.470. The lowest BCUT2D eigenvalue weighted by atomic mass is 10.2. The maximum absolute atomic E-state index is 5.54. The van der Waals surface area contributed by atoms with Gasteiger partial charge < -0.3 is 16.2 Å². The number of anilines is 2. The van der Waals surface area contributed by atoms with Crippen molar-refractivity contribution in [1.82, 2.24) is 0 Å². The fourth-order valence-corrected chi connectivity index (χ4v) is 0.768. The summed E-state index contributed by atoms with van der Waals surface area (Å²) in [7, 11) is 0. The normalized spacial score (nSPS) is 18.8. The second-order valence-electron chi connectivity index (χ2n) is 3.21. The predicted octanol–water partition coefficient (Wildman–Crippen LogP) is 1.56. The fourth-order valence-electron chi connectivity index (χ4n) is 0.768. The highest BCUT2D eigenvalue weighted by Gasteiger charge is 2.13. The summed E-state index contributed by atoms with van der Waals surface area (Å²) in [5.74, 6) is 0. The molecule has 4 N–H and O–H groups in total. The van der Waals surface area contributed by atoms with Crippen LogP contribution in [-0.4, -0.2) is 12.7 Å². The molecule has 1 saturated heterocycles. The van der Waals surface area contributed by atoms with Crippen molar-refractivity contribution < 1.29 is 4.74 Å². The number of rotatable bonds is 0. The molecule has 1 heterocycles. The van der Waals surface area contributed by atoms with Gasteiger partial charge in [-0.15, -0.1) is 0 Å². The summed E-state index contributed by atoms with van der Waals surface area (Å²) in [6.45, 7) is 4.95. The van der Waals surface area contributed by atoms with Gasteiger partial charge in [-0.3, -0.25) is 0 Å². The molecule has 1 unspecified atom stereocenters. The Morgan fingerprint density at radius 1 is 1.31 bits per heavy atom. The van der Waals surface area contributed by atoms with Gasteiger partial charge in [-0.25, -0.2) is 0 Å². The molecular formula is C10H16N2O. The van der Waals surface area contributed by atoms with Crippen LogP contribution in [0.3, 0.4) is 0 Å². The van der Waals surface area contributed by atoms with E-state index in [0.717, 1.165) is 23.5 Å². The highest BCUT2D eigenvalue weighted by molar-refractivity contribution is 5.59. The van der Waals surface area contributed by atoms with E-state index >= 15 is 0 Å². The molecule has 0 bridgehead atoms. The van der Waals surface area contributed by atoms with Crippen molar-refractivity contribution in [3.8, 4) is 0 Å². The average molecular weight is 180 g/mol. The van der Waals surface area contributed by atoms with Crippen molar-refractivity contribution in [3.05, 3.63) is 23.8 Å². The van der Waals surface area contributed by atoms with Gasteiger partial charge in [0, 0.05) is 11.4 Å². The van der Waals surface area contributed by atoms with Crippen molar-refractivity contribution in [2.24, 2.45) is 0 Å². The van der Waals surface area contributed by atoms with Gasteiger partial charge in [0.25, 0.3) is 0 Å². The van der Waals surface area contributed by atoms with Crippen molar-refractivity contribution in [2.45, 2.75) is 20.0 Å². The summed E-state index contributed by atoms with van der Waals surface area (Å²) in [5, 5.41) is 0. The van der Waals surface area contributed by atoms with E-state index in [2.05, 4.69) is 6.92 Å². The summed E-state index contributed by atoms with van der Waals surface area (Å²) in [4.78, 5) is 0. The number of benzene rings is 1. The zero-order valence-corrected chi connectivity index (χ0v) is 8.08. The number of hydrogen-bond acceptors (Lipinski definition) is 3. The third kappa shape index (κ3) is 3.34. The number of nitrogen functional groups attached to an aromatic ring is 2. The van der Waals surface area contributed by atoms with E-state index in [0.29, 0.717) is 6.10 Å². The van der Waals surface area contributed by atoms with E-state index in [1.807, 2.05) is 25.1 Å². The lowest BCUT2D eigenvalue weighted by molar-refractivity contribution is 0.423. The largest absolute Gasteiger partial charge is 0.398 e. The molecule has 3 nitrogen and oxygen atoms in total. The monoisotopic (exact) mass is 180 g/mol. The van der Waals surface area contributed by atoms with E-state index in [9.17, 15) is 0 Å². The Balaban J connectivity index is 0.000000175. The zero-order chi connectivity index (χ0) is 9.84. The predicted molar refractivity (Wildman–Crippen MR) is 55.4 cm³/mol. The molecule has 0 radical (unpaired) electrons. The summed E-state index contributed by atoms with van der Waals surface area (Å²) in [6, 6.07) is 5.52. The van der Waals surface area contributed by atoms with Gasteiger partial charge in [0.1, 0.15) is 0 Å². The molecule has 0 amide bonds. The van der Waals surface area contributed by atoms with Crippen LogP contribution < -0.4 is 11.5 Å². The van der Waals surface area contributed by atoms with Crippen molar-refractivity contribution in [3.63, 3.8) is 0 Å². The van der Waals surface area contributed by atoms with Crippen LogP contribution in [-0.2, 0) is 4.74 Å². The molecule has 72 valence electrons. The maximum Gasteiger partial charge on any atom is 0.0781 e. The Kier molecular flexibility index (Phi) is 3.14. The summed E-state index contributed by atoms with van der Waals surface area (Å²) in [6.07, 6.45) is 0.583. The molecule has 1 aliphatic rings. The van der Waals surface area contributed by atoms with Gasteiger partial charge in [-0.05, 0) is 31.5 Å². The third-order valence-electron chi connectivity index (χ3n) is 1.92. The fraction of sp³-hybridized carbons (Fsp3) is 0.400. The smallest absolute Gasteiger partial charge is 0.0781 e. The zero-order valence-electron chi connectivity index (χ0n) is 8.08. The van der Waals surface area contributed by atoms with E-state index in [-0.39, 0.29) is 0 Å². The molecule has 1 aromatic carbocycles. The molecule has 0 aliphatic carbocycles. The minimum absolute atomic E-state index is 0.583. The number of epoxide rings is 1. The minimum atomic E-state index is 0.583. The topological polar surface area (TPSA) is 64.6 Å². The van der Waals surface area contributed by atoms with Crippen LogP contribution in [0.4, 0.5) is 11.4 Å². The van der Waals surface area contributed by atoms with Crippen LogP contribution in [0.25, 0.3) is 0 Å². The first-order valence-corrected chi connectivity index (χ1v) is 4.33. The highest BCUT2D eigenvalue weighted by Crippen LogP contribution is 2.16. The maximum atomic E-state index is 5.54. The van der Waals surface area contributed by atoms with Crippen LogP contribution in [0.2, 0.25) is 0 Å². The lowest BCUT2D eigenvalue weighted by Crippen LogP contribution is -1.94. The molecule has 1 aromatic rings. The number of nitrogens with two attached hydrogens (primary N) is 2. The first-order valence-electron chi connectivity index (χ1n) is 4.33. The lowest BCUT2D eigenvalue weighted by Gasteiger charge is -2.00. The molecular weight excluding hydrogens is 164 g/mol. The summed E-state index contributed by atoms with van der Waals surface area (Å²) >= 11 is 0. The Labute approximate surface area is 78.7 Å². The van der Waals surface area contributed by atoms with Crippen molar-refractivity contribution in [1.29, 1.82) is 0 Å². The van der Waals surface area contributed by atoms with Gasteiger partial charge in [0.05, 0.1) is 12.7 Å². The second kappa shape index (κ2) is 4.14. The van der Waals surface area contributed by atoms with Crippen LogP contribution >= 0.6 is 0 Å². The SMILES string of the molecule is CC1CO1.Cc1c(N)cccc1N. The Bertz CT molecular complexity index is 262. The van der Waals surface area contributed by atoms with Crippen molar-refractivity contribution in [2.75, 3.05) is 18.1 Å². The van der Waals surface area contributed by atoms with E-state index < -0.39 is 0 Å². The van der Waals surface area contributed by atoms with Gasteiger partial charge in [-0.2, -0.15) is 0 Å². The van der Waals surface area contributed by atoms with E-state index in [1.54, 1.807) is 0 Å². The van der Waals surface area contributed by atoms with Gasteiger partial charge >= 0.3 is 0 Å². The molecule has 0 spiro atoms. The van der Waals surface area contributed by atoms with E-state index in [4.69, 9.17) is 16.2 Å². The molecule has 1 atom stereocenters. The van der Waals surface area contributed by atoms with Crippen LogP contribution in [0, 0.1) is 6.92 Å². The van der Waals surface area contributed by atoms with E-state index in [1.165, 1.54) is 0 Å². The van der Waals surface area contributed by atoms with Gasteiger partial charge in [0.2, 0.25) is 0 Å². The van der Waals surface area contributed by atoms with Gasteiger partial charge in [-0.1, -0.05) is 6.07 Å². The van der Waals surface area contributed by atoms with Crippen LogP contribution in [0.1, 0.15) is 12.5 Å². The van der Waals surface area contributed by atoms with Gasteiger partial charge in [0.15, 0.2) is 0 Å². The Hall–Kier alpha value is -1.22. The first-order chi connectivity index (χ1) is 6.11. The summed E-state index contributed by atoms with van der Waals surface area (Å²) < 4.78 is 4.71. The average Bonchev–Trinajstić information content (AvgIpc) is 2.84. The number of ether oxygens (including phenoxy) is 1. The van der Waals surface area contributed by atoms with Crippen molar-refractivity contribution >= 4 is 11.4 Å².